The van der Waals surface area contributed by atoms with Crippen LogP contribution in [-0.2, 0) is 0 Å². The van der Waals surface area contributed by atoms with E-state index in [2.05, 4.69) is 52.8 Å². The molecule has 4 heteroatoms. The van der Waals surface area contributed by atoms with Crippen molar-refractivity contribution in [3.8, 4) is 6.07 Å². The maximum Gasteiger partial charge on any atom is 0.101 e. The topological polar surface area (TPSA) is 30.3 Å². The highest BCUT2D eigenvalue weighted by Crippen LogP contribution is 2.24. The Morgan fingerprint density at radius 2 is 1.94 bits per heavy atom. The van der Waals surface area contributed by atoms with E-state index in [1.807, 2.05) is 18.2 Å². The van der Waals surface area contributed by atoms with E-state index in [-0.39, 0.29) is 0 Å². The first kappa shape index (κ1) is 15.0. The van der Waals surface area contributed by atoms with Gasteiger partial charge in [0.05, 0.1) is 11.3 Å². The molecular formula is C14H20BrN3. The van der Waals surface area contributed by atoms with Gasteiger partial charge < -0.3 is 9.80 Å². The molecule has 0 spiro atoms. The van der Waals surface area contributed by atoms with E-state index >= 15 is 0 Å². The molecule has 0 atom stereocenters. The monoisotopic (exact) mass is 309 g/mol. The van der Waals surface area contributed by atoms with Gasteiger partial charge in [-0.3, -0.25) is 0 Å². The molecule has 18 heavy (non-hydrogen) atoms. The maximum absolute atomic E-state index is 9.20. The molecule has 1 rings (SSSR count). The second-order valence-electron chi connectivity index (χ2n) is 4.56. The van der Waals surface area contributed by atoms with E-state index in [1.165, 1.54) is 0 Å². The molecule has 0 bridgehead atoms. The first-order valence-electron chi connectivity index (χ1n) is 6.17. The molecule has 0 unspecified atom stereocenters. The summed E-state index contributed by atoms with van der Waals surface area (Å²) in [6, 6.07) is 8.09. The van der Waals surface area contributed by atoms with Crippen molar-refractivity contribution >= 4 is 21.6 Å². The fraction of sp³-hybridized carbons (Fsp3) is 0.500. The molecule has 1 aromatic rings. The predicted molar refractivity (Wildman–Crippen MR) is 79.9 cm³/mol. The quantitative estimate of drug-likeness (QED) is 0.809. The Morgan fingerprint density at radius 1 is 1.22 bits per heavy atom. The zero-order valence-corrected chi connectivity index (χ0v) is 12.9. The SMILES string of the molecule is CCCN(CCN(C)C)c1cc(Br)ccc1C#N. The molecule has 0 fully saturated rings. The van der Waals surface area contributed by atoms with Crippen molar-refractivity contribution in [1.29, 1.82) is 5.26 Å². The first-order chi connectivity index (χ1) is 8.58. The number of hydrogen-bond acceptors (Lipinski definition) is 3. The van der Waals surface area contributed by atoms with Gasteiger partial charge in [0.25, 0.3) is 0 Å². The van der Waals surface area contributed by atoms with Gasteiger partial charge in [-0.1, -0.05) is 22.9 Å². The van der Waals surface area contributed by atoms with E-state index < -0.39 is 0 Å². The van der Waals surface area contributed by atoms with Crippen LogP contribution in [-0.4, -0.2) is 38.6 Å². The van der Waals surface area contributed by atoms with Gasteiger partial charge >= 0.3 is 0 Å². The molecule has 0 aliphatic heterocycles. The Labute approximate surface area is 118 Å². The molecule has 0 aliphatic rings. The van der Waals surface area contributed by atoms with Gasteiger partial charge in [-0.2, -0.15) is 5.26 Å². The van der Waals surface area contributed by atoms with Crippen LogP contribution in [0.15, 0.2) is 22.7 Å². The highest BCUT2D eigenvalue weighted by Gasteiger charge is 2.11. The number of benzene rings is 1. The molecule has 0 N–H and O–H groups in total. The average molecular weight is 310 g/mol. The number of nitrogens with zero attached hydrogens (tertiary/aromatic N) is 3. The lowest BCUT2D eigenvalue weighted by Crippen LogP contribution is -2.32. The lowest BCUT2D eigenvalue weighted by atomic mass is 10.1. The minimum Gasteiger partial charge on any atom is -0.369 e. The van der Waals surface area contributed by atoms with E-state index in [1.54, 1.807) is 0 Å². The van der Waals surface area contributed by atoms with Crippen LogP contribution in [0.4, 0.5) is 5.69 Å². The van der Waals surface area contributed by atoms with Gasteiger partial charge in [-0.05, 0) is 38.7 Å². The summed E-state index contributed by atoms with van der Waals surface area (Å²) in [6.07, 6.45) is 1.07. The summed E-state index contributed by atoms with van der Waals surface area (Å²) in [7, 11) is 4.13. The van der Waals surface area contributed by atoms with Crippen LogP contribution in [0.5, 0.6) is 0 Å². The van der Waals surface area contributed by atoms with Crippen LogP contribution in [0.3, 0.4) is 0 Å². The van der Waals surface area contributed by atoms with Crippen molar-refractivity contribution in [3.05, 3.63) is 28.2 Å². The smallest absolute Gasteiger partial charge is 0.101 e. The Bertz CT molecular complexity index is 424. The molecule has 0 heterocycles. The van der Waals surface area contributed by atoms with Crippen LogP contribution >= 0.6 is 15.9 Å². The van der Waals surface area contributed by atoms with E-state index in [0.717, 1.165) is 41.8 Å². The molecule has 0 radical (unpaired) electrons. The van der Waals surface area contributed by atoms with E-state index in [0.29, 0.717) is 0 Å². The fourth-order valence-electron chi connectivity index (χ4n) is 1.80. The summed E-state index contributed by atoms with van der Waals surface area (Å²) in [4.78, 5) is 4.44. The molecule has 98 valence electrons. The number of anilines is 1. The highest BCUT2D eigenvalue weighted by molar-refractivity contribution is 9.10. The predicted octanol–water partition coefficient (Wildman–Crippen LogP) is 3.10. The normalized spacial score (nSPS) is 10.4. The van der Waals surface area contributed by atoms with Crippen LogP contribution < -0.4 is 4.90 Å². The maximum atomic E-state index is 9.20. The highest BCUT2D eigenvalue weighted by atomic mass is 79.9. The number of halogens is 1. The van der Waals surface area contributed by atoms with Crippen molar-refractivity contribution in [3.63, 3.8) is 0 Å². The van der Waals surface area contributed by atoms with Crippen molar-refractivity contribution in [1.82, 2.24) is 4.90 Å². The second kappa shape index (κ2) is 7.40. The number of likely N-dealkylation sites (N-methyl/N-ethyl adjacent to an activating group) is 1. The summed E-state index contributed by atoms with van der Waals surface area (Å²) in [5, 5.41) is 9.20. The number of nitriles is 1. The summed E-state index contributed by atoms with van der Waals surface area (Å²) in [5.74, 6) is 0. The van der Waals surface area contributed by atoms with Gasteiger partial charge in [0.1, 0.15) is 6.07 Å². The molecule has 1 aromatic carbocycles. The van der Waals surface area contributed by atoms with E-state index in [9.17, 15) is 5.26 Å². The zero-order valence-electron chi connectivity index (χ0n) is 11.3. The number of hydrogen-bond donors (Lipinski definition) is 0. The van der Waals surface area contributed by atoms with Gasteiger partial charge in [0.2, 0.25) is 0 Å². The molecule has 0 aliphatic carbocycles. The lowest BCUT2D eigenvalue weighted by Gasteiger charge is -2.27. The first-order valence-corrected chi connectivity index (χ1v) is 6.97. The third kappa shape index (κ3) is 4.32. The third-order valence-electron chi connectivity index (χ3n) is 2.73. The van der Waals surface area contributed by atoms with Crippen molar-refractivity contribution in [2.45, 2.75) is 13.3 Å². The molecular weight excluding hydrogens is 290 g/mol. The summed E-state index contributed by atoms with van der Waals surface area (Å²) in [6.45, 7) is 5.05. The lowest BCUT2D eigenvalue weighted by molar-refractivity contribution is 0.413. The minimum absolute atomic E-state index is 0.741. The number of rotatable bonds is 6. The van der Waals surface area contributed by atoms with Crippen LogP contribution in [0.25, 0.3) is 0 Å². The largest absolute Gasteiger partial charge is 0.369 e. The molecule has 0 aromatic heterocycles. The van der Waals surface area contributed by atoms with Crippen LogP contribution in [0.1, 0.15) is 18.9 Å². The van der Waals surface area contributed by atoms with Crippen molar-refractivity contribution < 1.29 is 0 Å². The Hall–Kier alpha value is -1.05. The molecule has 3 nitrogen and oxygen atoms in total. The fourth-order valence-corrected chi connectivity index (χ4v) is 2.15. The average Bonchev–Trinajstić information content (AvgIpc) is 2.34. The summed E-state index contributed by atoms with van der Waals surface area (Å²) < 4.78 is 1.02. The standard InChI is InChI=1S/C14H20BrN3/c1-4-7-18(9-8-17(2)3)14-10-13(15)6-5-12(14)11-16/h5-6,10H,4,7-9H2,1-3H3. The van der Waals surface area contributed by atoms with Crippen molar-refractivity contribution in [2.75, 3.05) is 38.6 Å². The van der Waals surface area contributed by atoms with Crippen molar-refractivity contribution in [2.24, 2.45) is 0 Å². The van der Waals surface area contributed by atoms with E-state index in [4.69, 9.17) is 0 Å². The molecule has 0 saturated heterocycles. The zero-order chi connectivity index (χ0) is 13.5. The Kier molecular flexibility index (Phi) is 6.17. The summed E-state index contributed by atoms with van der Waals surface area (Å²) >= 11 is 3.48. The van der Waals surface area contributed by atoms with Crippen LogP contribution in [0, 0.1) is 11.3 Å². The summed E-state index contributed by atoms with van der Waals surface area (Å²) in [5.41, 5.74) is 1.76. The van der Waals surface area contributed by atoms with Crippen LogP contribution in [0.2, 0.25) is 0 Å². The molecule has 0 amide bonds. The molecule has 0 saturated carbocycles. The Morgan fingerprint density at radius 3 is 2.50 bits per heavy atom. The minimum atomic E-state index is 0.741. The van der Waals surface area contributed by atoms with Gasteiger partial charge in [-0.25, -0.2) is 0 Å². The van der Waals surface area contributed by atoms with Gasteiger partial charge in [0.15, 0.2) is 0 Å². The van der Waals surface area contributed by atoms with Gasteiger partial charge in [-0.15, -0.1) is 0 Å². The second-order valence-corrected chi connectivity index (χ2v) is 5.48. The Balaban J connectivity index is 2.97. The van der Waals surface area contributed by atoms with Gasteiger partial charge in [0, 0.05) is 24.1 Å². The third-order valence-corrected chi connectivity index (χ3v) is 3.22.